The average Bonchev–Trinajstić information content (AvgIpc) is 3.10. The van der Waals surface area contributed by atoms with Gasteiger partial charge in [-0.25, -0.2) is 4.98 Å². The molecule has 25 heavy (non-hydrogen) atoms. The van der Waals surface area contributed by atoms with Gasteiger partial charge in [-0.2, -0.15) is 0 Å². The number of aromatic nitrogens is 1. The van der Waals surface area contributed by atoms with Gasteiger partial charge in [0, 0.05) is 29.8 Å². The van der Waals surface area contributed by atoms with E-state index >= 15 is 0 Å². The highest BCUT2D eigenvalue weighted by molar-refractivity contribution is 7.14. The summed E-state index contributed by atoms with van der Waals surface area (Å²) in [5.74, 6) is -0.401. The molecule has 0 bridgehead atoms. The predicted molar refractivity (Wildman–Crippen MR) is 98.7 cm³/mol. The molecule has 1 aromatic carbocycles. The Morgan fingerprint density at radius 2 is 2.24 bits per heavy atom. The number of primary amides is 1. The maximum atomic E-state index is 12.3. The van der Waals surface area contributed by atoms with Crippen LogP contribution in [-0.4, -0.2) is 29.6 Å². The van der Waals surface area contributed by atoms with Crippen LogP contribution in [0.4, 0.5) is 0 Å². The molecule has 0 saturated heterocycles. The van der Waals surface area contributed by atoms with Crippen LogP contribution in [0.1, 0.15) is 37.5 Å². The van der Waals surface area contributed by atoms with Crippen molar-refractivity contribution in [2.45, 2.75) is 13.5 Å². The third kappa shape index (κ3) is 4.19. The molecule has 1 atom stereocenters. The van der Waals surface area contributed by atoms with Crippen molar-refractivity contribution in [1.82, 2.24) is 10.3 Å². The van der Waals surface area contributed by atoms with E-state index in [2.05, 4.69) is 28.3 Å². The van der Waals surface area contributed by atoms with Gasteiger partial charge >= 0.3 is 0 Å². The zero-order valence-electron chi connectivity index (χ0n) is 13.7. The second-order valence-electron chi connectivity index (χ2n) is 5.82. The minimum absolute atomic E-state index is 0.193. The molecular weight excluding hydrogens is 336 g/mol. The van der Waals surface area contributed by atoms with Crippen molar-refractivity contribution in [2.24, 2.45) is 16.6 Å². The maximum Gasteiger partial charge on any atom is 0.263 e. The lowest BCUT2D eigenvalue weighted by Gasteiger charge is -2.09. The maximum absolute atomic E-state index is 12.3. The van der Waals surface area contributed by atoms with Gasteiger partial charge in [0.1, 0.15) is 9.88 Å². The molecule has 2 aromatic rings. The molecule has 0 radical (unpaired) electrons. The molecule has 0 aliphatic carbocycles. The first-order valence-electron chi connectivity index (χ1n) is 7.86. The quantitative estimate of drug-likeness (QED) is 0.862. The number of aliphatic imine (C=N–C) groups is 1. The van der Waals surface area contributed by atoms with Crippen molar-refractivity contribution in [1.29, 1.82) is 0 Å². The van der Waals surface area contributed by atoms with Crippen molar-refractivity contribution in [3.05, 3.63) is 57.6 Å². The van der Waals surface area contributed by atoms with E-state index in [4.69, 9.17) is 5.73 Å². The summed E-state index contributed by atoms with van der Waals surface area (Å²) >= 11 is 1.35. The number of amides is 2. The van der Waals surface area contributed by atoms with E-state index in [1.165, 1.54) is 11.3 Å². The van der Waals surface area contributed by atoms with Crippen LogP contribution in [-0.2, 0) is 6.54 Å². The minimum atomic E-state index is -0.488. The van der Waals surface area contributed by atoms with Crippen LogP contribution >= 0.6 is 11.3 Å². The number of benzene rings is 1. The SMILES string of the molecule is CC1C=NCC(c2ncc(C(=O)NCc3cccc(C(N)=O)c3)s2)=C1. The van der Waals surface area contributed by atoms with E-state index in [1.54, 1.807) is 24.4 Å². The first-order chi connectivity index (χ1) is 12.0. The van der Waals surface area contributed by atoms with E-state index in [-0.39, 0.29) is 11.8 Å². The van der Waals surface area contributed by atoms with Crippen LogP contribution in [0.3, 0.4) is 0 Å². The number of carbonyl (C=O) groups is 2. The molecule has 0 spiro atoms. The molecule has 1 aliphatic heterocycles. The number of nitrogens with one attached hydrogen (secondary N) is 1. The lowest BCUT2D eigenvalue weighted by molar-refractivity contribution is 0.0954. The smallest absolute Gasteiger partial charge is 0.263 e. The number of nitrogens with zero attached hydrogens (tertiary/aromatic N) is 2. The molecule has 2 heterocycles. The molecule has 3 N–H and O–H groups in total. The fourth-order valence-electron chi connectivity index (χ4n) is 2.50. The molecule has 7 heteroatoms. The van der Waals surface area contributed by atoms with Crippen molar-refractivity contribution in [3.63, 3.8) is 0 Å². The van der Waals surface area contributed by atoms with Gasteiger partial charge in [-0.15, -0.1) is 11.3 Å². The number of rotatable bonds is 5. The Morgan fingerprint density at radius 1 is 1.40 bits per heavy atom. The number of dihydropyridines is 1. The minimum Gasteiger partial charge on any atom is -0.366 e. The Hall–Kier alpha value is -2.80. The predicted octanol–water partition coefficient (Wildman–Crippen LogP) is 2.28. The Bertz CT molecular complexity index is 869. The average molecular weight is 354 g/mol. The highest BCUT2D eigenvalue weighted by Crippen LogP contribution is 2.24. The Kier molecular flexibility index (Phi) is 5.04. The second kappa shape index (κ2) is 7.40. The number of carbonyl (C=O) groups excluding carboxylic acids is 2. The molecule has 0 saturated carbocycles. The highest BCUT2D eigenvalue weighted by atomic mass is 32.1. The number of nitrogens with two attached hydrogens (primary N) is 1. The van der Waals surface area contributed by atoms with E-state index in [0.29, 0.717) is 23.5 Å². The van der Waals surface area contributed by atoms with Crippen molar-refractivity contribution >= 4 is 34.9 Å². The zero-order chi connectivity index (χ0) is 17.8. The van der Waals surface area contributed by atoms with Crippen molar-refractivity contribution in [2.75, 3.05) is 6.54 Å². The van der Waals surface area contributed by atoms with Gasteiger partial charge in [0.2, 0.25) is 5.91 Å². The summed E-state index contributed by atoms with van der Waals surface area (Å²) in [6.45, 7) is 2.97. The van der Waals surface area contributed by atoms with E-state index < -0.39 is 5.91 Å². The fourth-order valence-corrected chi connectivity index (χ4v) is 3.35. The molecule has 2 amide bonds. The Balaban J connectivity index is 1.64. The van der Waals surface area contributed by atoms with Gasteiger partial charge in [0.25, 0.3) is 5.91 Å². The number of thiazole rings is 1. The normalized spacial score (nSPS) is 16.4. The molecule has 1 aliphatic rings. The summed E-state index contributed by atoms with van der Waals surface area (Å²) < 4.78 is 0. The summed E-state index contributed by atoms with van der Waals surface area (Å²) in [4.78, 5) is 32.7. The topological polar surface area (TPSA) is 97.4 Å². The fraction of sp³-hybridized carbons (Fsp3) is 0.222. The van der Waals surface area contributed by atoms with Crippen molar-refractivity contribution in [3.8, 4) is 0 Å². The van der Waals surface area contributed by atoms with Crippen LogP contribution in [0.5, 0.6) is 0 Å². The number of allylic oxidation sites excluding steroid dienone is 1. The largest absolute Gasteiger partial charge is 0.366 e. The van der Waals surface area contributed by atoms with Crippen LogP contribution in [0, 0.1) is 5.92 Å². The highest BCUT2D eigenvalue weighted by Gasteiger charge is 2.15. The molecule has 1 unspecified atom stereocenters. The van der Waals surface area contributed by atoms with Gasteiger partial charge in [0.15, 0.2) is 0 Å². The number of hydrogen-bond acceptors (Lipinski definition) is 5. The number of hydrogen-bond donors (Lipinski definition) is 2. The summed E-state index contributed by atoms with van der Waals surface area (Å²) in [5, 5.41) is 3.66. The lowest BCUT2D eigenvalue weighted by Crippen LogP contribution is -2.22. The summed E-state index contributed by atoms with van der Waals surface area (Å²) in [6, 6.07) is 6.89. The van der Waals surface area contributed by atoms with Gasteiger partial charge < -0.3 is 11.1 Å². The molecule has 128 valence electrons. The first kappa shape index (κ1) is 17.0. The van der Waals surface area contributed by atoms with E-state index in [1.807, 2.05) is 12.3 Å². The molecule has 3 rings (SSSR count). The third-order valence-electron chi connectivity index (χ3n) is 3.74. The summed E-state index contributed by atoms with van der Waals surface area (Å²) in [6.07, 6.45) is 5.60. The second-order valence-corrected chi connectivity index (χ2v) is 6.85. The first-order valence-corrected chi connectivity index (χ1v) is 8.68. The Labute approximate surface area is 149 Å². The summed E-state index contributed by atoms with van der Waals surface area (Å²) in [5.41, 5.74) is 7.55. The monoisotopic (exact) mass is 354 g/mol. The third-order valence-corrected chi connectivity index (χ3v) is 4.81. The Morgan fingerprint density at radius 3 is 3.00 bits per heavy atom. The van der Waals surface area contributed by atoms with Gasteiger partial charge in [-0.1, -0.05) is 25.1 Å². The lowest BCUT2D eigenvalue weighted by atomic mass is 10.1. The van der Waals surface area contributed by atoms with E-state index in [0.717, 1.165) is 16.1 Å². The zero-order valence-corrected chi connectivity index (χ0v) is 14.5. The summed E-state index contributed by atoms with van der Waals surface area (Å²) in [7, 11) is 0. The van der Waals surface area contributed by atoms with Crippen molar-refractivity contribution < 1.29 is 9.59 Å². The van der Waals surface area contributed by atoms with Gasteiger partial charge in [-0.05, 0) is 17.7 Å². The van der Waals surface area contributed by atoms with Crippen LogP contribution in [0.2, 0.25) is 0 Å². The van der Waals surface area contributed by atoms with Crippen LogP contribution in [0.15, 0.2) is 41.5 Å². The van der Waals surface area contributed by atoms with E-state index in [9.17, 15) is 9.59 Å². The molecule has 1 aromatic heterocycles. The standard InChI is InChI=1S/C18H18N4O2S/c1-11-5-14(9-20-7-11)18-22-10-15(25-18)17(24)21-8-12-3-2-4-13(6-12)16(19)23/h2-7,10-11H,8-9H2,1H3,(H2,19,23)(H,21,24). The molecule has 0 fully saturated rings. The van der Waals surface area contributed by atoms with Gasteiger partial charge in [-0.3, -0.25) is 14.6 Å². The van der Waals surface area contributed by atoms with Gasteiger partial charge in [0.05, 0.1) is 12.7 Å². The molecule has 6 nitrogen and oxygen atoms in total. The van der Waals surface area contributed by atoms with Crippen LogP contribution < -0.4 is 11.1 Å². The van der Waals surface area contributed by atoms with Crippen LogP contribution in [0.25, 0.3) is 5.57 Å². The molecular formula is C18H18N4O2S.